The van der Waals surface area contributed by atoms with Crippen molar-refractivity contribution < 1.29 is 26.9 Å². The number of carbonyl (C=O) groups excluding carboxylic acids is 1. The lowest BCUT2D eigenvalue weighted by Crippen LogP contribution is -2.18. The van der Waals surface area contributed by atoms with Crippen LogP contribution in [0.1, 0.15) is 34.0 Å². The van der Waals surface area contributed by atoms with Crippen molar-refractivity contribution in [3.05, 3.63) is 82.9 Å². The first-order valence-electron chi connectivity index (χ1n) is 10.5. The van der Waals surface area contributed by atoms with Gasteiger partial charge in [-0.2, -0.15) is 13.5 Å². The molecule has 0 aliphatic rings. The molecule has 0 aliphatic heterocycles. The summed E-state index contributed by atoms with van der Waals surface area (Å²) in [6.45, 7) is 5.84. The minimum absolute atomic E-state index is 0.0421. The summed E-state index contributed by atoms with van der Waals surface area (Å²) >= 11 is 0. The van der Waals surface area contributed by atoms with Crippen molar-refractivity contribution in [3.8, 4) is 17.2 Å². The zero-order valence-electron chi connectivity index (χ0n) is 19.4. The van der Waals surface area contributed by atoms with Crippen molar-refractivity contribution in [1.29, 1.82) is 0 Å². The third-order valence-corrected chi connectivity index (χ3v) is 6.01. The minimum Gasteiger partial charge on any atom is -0.496 e. The Morgan fingerprint density at radius 1 is 0.941 bits per heavy atom. The van der Waals surface area contributed by atoms with Crippen LogP contribution in [0.3, 0.4) is 0 Å². The molecule has 1 amide bonds. The van der Waals surface area contributed by atoms with Gasteiger partial charge in [0.05, 0.1) is 25.5 Å². The van der Waals surface area contributed by atoms with Crippen molar-refractivity contribution in [2.24, 2.45) is 5.10 Å². The number of amides is 1. The second kappa shape index (κ2) is 10.8. The third kappa shape index (κ3) is 6.14. The van der Waals surface area contributed by atoms with E-state index in [0.29, 0.717) is 23.5 Å². The molecule has 0 spiro atoms. The molecule has 0 saturated heterocycles. The number of carbonyl (C=O) groups is 1. The minimum atomic E-state index is -4.03. The van der Waals surface area contributed by atoms with E-state index in [2.05, 4.69) is 10.5 Å². The maximum Gasteiger partial charge on any atom is 0.339 e. The van der Waals surface area contributed by atoms with Gasteiger partial charge in [-0.3, -0.25) is 4.79 Å². The third-order valence-electron chi connectivity index (χ3n) is 4.76. The summed E-state index contributed by atoms with van der Waals surface area (Å²) in [7, 11) is -2.54. The predicted molar refractivity (Wildman–Crippen MR) is 129 cm³/mol. The second-order valence-electron chi connectivity index (χ2n) is 7.39. The normalized spacial score (nSPS) is 11.3. The Morgan fingerprint density at radius 2 is 1.65 bits per heavy atom. The Bertz CT molecular complexity index is 1300. The highest BCUT2D eigenvalue weighted by atomic mass is 32.2. The van der Waals surface area contributed by atoms with Crippen LogP contribution < -0.4 is 19.1 Å². The maximum absolute atomic E-state index is 12.6. The van der Waals surface area contributed by atoms with E-state index < -0.39 is 16.0 Å². The lowest BCUT2D eigenvalue weighted by Gasteiger charge is -2.12. The van der Waals surface area contributed by atoms with Crippen LogP contribution in [0.5, 0.6) is 17.2 Å². The topological polar surface area (TPSA) is 103 Å². The van der Waals surface area contributed by atoms with E-state index in [1.807, 2.05) is 13.8 Å². The standard InChI is InChI=1S/C25H26N2O6S/c1-5-32-24-15-19(16-26-27-25(28)21-12-8-18(3)14-23(21)31-4)9-13-22(24)33-34(29,30)20-10-6-17(2)7-11-20/h6-16H,5H2,1-4H3,(H,27,28)/b26-16-. The zero-order valence-corrected chi connectivity index (χ0v) is 20.2. The van der Waals surface area contributed by atoms with Gasteiger partial charge in [-0.05, 0) is 74.4 Å². The number of hydrazone groups is 1. The maximum atomic E-state index is 12.6. The summed E-state index contributed by atoms with van der Waals surface area (Å²) in [6, 6.07) is 16.2. The molecule has 1 N–H and O–H groups in total. The number of benzene rings is 3. The average molecular weight is 483 g/mol. The number of rotatable bonds is 9. The summed E-state index contributed by atoms with van der Waals surface area (Å²) in [5, 5.41) is 3.98. The van der Waals surface area contributed by atoms with Crippen molar-refractivity contribution in [2.75, 3.05) is 13.7 Å². The first kappa shape index (κ1) is 24.8. The number of nitrogens with zero attached hydrogens (tertiary/aromatic N) is 1. The van der Waals surface area contributed by atoms with Crippen LogP contribution in [0, 0.1) is 13.8 Å². The molecule has 0 bridgehead atoms. The van der Waals surface area contributed by atoms with Crippen LogP contribution >= 0.6 is 0 Å². The number of hydrogen-bond acceptors (Lipinski definition) is 7. The van der Waals surface area contributed by atoms with Crippen molar-refractivity contribution >= 4 is 22.2 Å². The molecule has 0 heterocycles. The van der Waals surface area contributed by atoms with Crippen LogP contribution in [0.4, 0.5) is 0 Å². The molecular formula is C25H26N2O6S. The van der Waals surface area contributed by atoms with Gasteiger partial charge in [-0.25, -0.2) is 5.43 Å². The van der Waals surface area contributed by atoms with Crippen molar-refractivity contribution in [2.45, 2.75) is 25.7 Å². The van der Waals surface area contributed by atoms with E-state index in [-0.39, 0.29) is 16.4 Å². The molecule has 0 fully saturated rings. The van der Waals surface area contributed by atoms with Crippen LogP contribution in [-0.2, 0) is 10.1 Å². The van der Waals surface area contributed by atoms with E-state index in [0.717, 1.165) is 11.1 Å². The summed E-state index contributed by atoms with van der Waals surface area (Å²) in [5.74, 6) is 0.298. The van der Waals surface area contributed by atoms with Crippen molar-refractivity contribution in [3.63, 3.8) is 0 Å². The summed E-state index contributed by atoms with van der Waals surface area (Å²) in [4.78, 5) is 12.5. The number of aryl methyl sites for hydroxylation is 2. The van der Waals surface area contributed by atoms with Gasteiger partial charge >= 0.3 is 10.1 Å². The Balaban J connectivity index is 1.76. The number of methoxy groups -OCH3 is 1. The zero-order chi connectivity index (χ0) is 24.7. The Labute approximate surface area is 199 Å². The highest BCUT2D eigenvalue weighted by molar-refractivity contribution is 7.87. The molecule has 34 heavy (non-hydrogen) atoms. The number of ether oxygens (including phenoxy) is 2. The molecule has 8 nitrogen and oxygen atoms in total. The highest BCUT2D eigenvalue weighted by Crippen LogP contribution is 2.31. The van der Waals surface area contributed by atoms with Gasteiger partial charge in [0.25, 0.3) is 5.91 Å². The molecule has 9 heteroatoms. The summed E-state index contributed by atoms with van der Waals surface area (Å²) in [5.41, 5.74) is 5.28. The van der Waals surface area contributed by atoms with E-state index in [4.69, 9.17) is 13.7 Å². The molecule has 178 valence electrons. The van der Waals surface area contributed by atoms with E-state index in [9.17, 15) is 13.2 Å². The smallest absolute Gasteiger partial charge is 0.339 e. The highest BCUT2D eigenvalue weighted by Gasteiger charge is 2.19. The van der Waals surface area contributed by atoms with E-state index >= 15 is 0 Å². The van der Waals surface area contributed by atoms with Crippen LogP contribution in [-0.4, -0.2) is 34.3 Å². The number of nitrogens with one attached hydrogen (secondary N) is 1. The molecule has 0 atom stereocenters. The molecular weight excluding hydrogens is 456 g/mol. The Morgan fingerprint density at radius 3 is 2.32 bits per heavy atom. The van der Waals surface area contributed by atoms with Gasteiger partial charge in [0, 0.05) is 0 Å². The van der Waals surface area contributed by atoms with Gasteiger partial charge in [0.1, 0.15) is 10.6 Å². The average Bonchev–Trinajstić information content (AvgIpc) is 2.80. The lowest BCUT2D eigenvalue weighted by atomic mass is 10.1. The Hall–Kier alpha value is -3.85. The van der Waals surface area contributed by atoms with E-state index in [1.54, 1.807) is 49.4 Å². The molecule has 3 rings (SSSR count). The molecule has 3 aromatic carbocycles. The molecule has 0 radical (unpaired) electrons. The second-order valence-corrected chi connectivity index (χ2v) is 8.94. The molecule has 0 aromatic heterocycles. The van der Waals surface area contributed by atoms with Gasteiger partial charge in [0.15, 0.2) is 11.5 Å². The van der Waals surface area contributed by atoms with Crippen molar-refractivity contribution in [1.82, 2.24) is 5.43 Å². The van der Waals surface area contributed by atoms with Crippen LogP contribution in [0.25, 0.3) is 0 Å². The summed E-state index contributed by atoms with van der Waals surface area (Å²) in [6.07, 6.45) is 1.42. The Kier molecular flexibility index (Phi) is 7.91. The first-order chi connectivity index (χ1) is 16.2. The monoisotopic (exact) mass is 482 g/mol. The SMILES string of the molecule is CCOc1cc(/C=N\NC(=O)c2ccc(C)cc2OC)ccc1OS(=O)(=O)c1ccc(C)cc1. The summed E-state index contributed by atoms with van der Waals surface area (Å²) < 4.78 is 41.4. The number of hydrogen-bond donors (Lipinski definition) is 1. The molecule has 3 aromatic rings. The van der Waals surface area contributed by atoms with E-state index in [1.165, 1.54) is 31.5 Å². The quantitative estimate of drug-likeness (QED) is 0.278. The van der Waals surface area contributed by atoms with Gasteiger partial charge in [-0.15, -0.1) is 0 Å². The largest absolute Gasteiger partial charge is 0.496 e. The van der Waals surface area contributed by atoms with Gasteiger partial charge in [0.2, 0.25) is 0 Å². The predicted octanol–water partition coefficient (Wildman–Crippen LogP) is 4.24. The first-order valence-corrected chi connectivity index (χ1v) is 11.9. The fourth-order valence-corrected chi connectivity index (χ4v) is 3.96. The van der Waals surface area contributed by atoms with Crippen LogP contribution in [0.2, 0.25) is 0 Å². The van der Waals surface area contributed by atoms with Gasteiger partial charge in [-0.1, -0.05) is 23.8 Å². The van der Waals surface area contributed by atoms with Crippen LogP contribution in [0.15, 0.2) is 70.7 Å². The van der Waals surface area contributed by atoms with Gasteiger partial charge < -0.3 is 13.7 Å². The molecule has 0 aliphatic carbocycles. The molecule has 0 saturated carbocycles. The molecule has 0 unspecified atom stereocenters. The fourth-order valence-electron chi connectivity index (χ4n) is 3.03. The fraction of sp³-hybridized carbons (Fsp3) is 0.200. The lowest BCUT2D eigenvalue weighted by molar-refractivity contribution is 0.0952.